The molecule has 0 saturated carbocycles. The van der Waals surface area contributed by atoms with Gasteiger partial charge in [0.1, 0.15) is 5.75 Å². The standard InChI is InChI=1S/C16H21ClO3/c1-11(2)14(8-15-16(9-17)20-15)19-10-12-4-6-13(18-3)7-5-12/h4-7,14-16H,1,8-10H2,2-3H3/t14-,15+,16+/m1/s1. The van der Waals surface area contributed by atoms with Crippen molar-refractivity contribution in [2.45, 2.75) is 38.3 Å². The zero-order valence-corrected chi connectivity index (χ0v) is 12.7. The molecule has 4 heteroatoms. The molecule has 1 saturated heterocycles. The highest BCUT2D eigenvalue weighted by Crippen LogP contribution is 2.30. The molecule has 1 heterocycles. The lowest BCUT2D eigenvalue weighted by Crippen LogP contribution is -2.17. The van der Waals surface area contributed by atoms with E-state index in [0.717, 1.165) is 23.3 Å². The highest BCUT2D eigenvalue weighted by molar-refractivity contribution is 6.18. The zero-order valence-electron chi connectivity index (χ0n) is 12.0. The third kappa shape index (κ3) is 4.23. The lowest BCUT2D eigenvalue weighted by molar-refractivity contribution is 0.0541. The van der Waals surface area contributed by atoms with E-state index >= 15 is 0 Å². The van der Waals surface area contributed by atoms with Crippen molar-refractivity contribution < 1.29 is 14.2 Å². The van der Waals surface area contributed by atoms with Gasteiger partial charge in [-0.3, -0.25) is 0 Å². The van der Waals surface area contributed by atoms with Gasteiger partial charge < -0.3 is 14.2 Å². The maximum Gasteiger partial charge on any atom is 0.118 e. The van der Waals surface area contributed by atoms with Crippen LogP contribution in [0.5, 0.6) is 5.75 Å². The third-order valence-corrected chi connectivity index (χ3v) is 3.75. The second kappa shape index (κ2) is 7.11. The molecule has 1 aromatic rings. The van der Waals surface area contributed by atoms with Gasteiger partial charge in [0.2, 0.25) is 0 Å². The molecular weight excluding hydrogens is 276 g/mol. The summed E-state index contributed by atoms with van der Waals surface area (Å²) in [5, 5.41) is 0. The lowest BCUT2D eigenvalue weighted by atomic mass is 10.1. The summed E-state index contributed by atoms with van der Waals surface area (Å²) in [6.07, 6.45) is 1.23. The van der Waals surface area contributed by atoms with Crippen LogP contribution in [0.25, 0.3) is 0 Å². The van der Waals surface area contributed by atoms with Gasteiger partial charge in [0.25, 0.3) is 0 Å². The fourth-order valence-corrected chi connectivity index (χ4v) is 2.33. The van der Waals surface area contributed by atoms with Gasteiger partial charge in [-0.25, -0.2) is 0 Å². The first-order valence-electron chi connectivity index (χ1n) is 6.75. The Morgan fingerprint density at radius 3 is 2.55 bits per heavy atom. The maximum atomic E-state index is 5.94. The molecule has 110 valence electrons. The zero-order chi connectivity index (χ0) is 14.5. The van der Waals surface area contributed by atoms with Crippen LogP contribution in [0.2, 0.25) is 0 Å². The number of hydrogen-bond acceptors (Lipinski definition) is 3. The van der Waals surface area contributed by atoms with E-state index in [1.165, 1.54) is 0 Å². The Bertz CT molecular complexity index is 444. The SMILES string of the molecule is C=C(C)[C@@H](C[C@@H]1O[C@H]1CCl)OCc1ccc(OC)cc1. The molecule has 0 unspecified atom stereocenters. The summed E-state index contributed by atoms with van der Waals surface area (Å²) in [4.78, 5) is 0. The minimum atomic E-state index is 0.00955. The van der Waals surface area contributed by atoms with Crippen LogP contribution in [-0.2, 0) is 16.1 Å². The van der Waals surface area contributed by atoms with Crippen molar-refractivity contribution in [2.75, 3.05) is 13.0 Å². The molecule has 0 amide bonds. The molecule has 2 rings (SSSR count). The molecule has 1 fully saturated rings. The minimum absolute atomic E-state index is 0.00955. The molecule has 0 radical (unpaired) electrons. The summed E-state index contributed by atoms with van der Waals surface area (Å²) in [5.41, 5.74) is 2.13. The van der Waals surface area contributed by atoms with E-state index in [4.69, 9.17) is 25.8 Å². The van der Waals surface area contributed by atoms with Gasteiger partial charge in [-0.1, -0.05) is 24.3 Å². The first-order chi connectivity index (χ1) is 9.63. The molecule has 0 aliphatic carbocycles. The highest BCUT2D eigenvalue weighted by Gasteiger charge is 2.39. The molecule has 20 heavy (non-hydrogen) atoms. The minimum Gasteiger partial charge on any atom is -0.497 e. The van der Waals surface area contributed by atoms with Gasteiger partial charge in [0.15, 0.2) is 0 Å². The second-order valence-electron chi connectivity index (χ2n) is 5.10. The lowest BCUT2D eigenvalue weighted by Gasteiger charge is -2.17. The Morgan fingerprint density at radius 2 is 2.05 bits per heavy atom. The smallest absolute Gasteiger partial charge is 0.118 e. The number of benzene rings is 1. The monoisotopic (exact) mass is 296 g/mol. The first-order valence-corrected chi connectivity index (χ1v) is 7.29. The van der Waals surface area contributed by atoms with Crippen LogP contribution < -0.4 is 4.74 Å². The average Bonchev–Trinajstić information content (AvgIpc) is 3.22. The number of methoxy groups -OCH3 is 1. The predicted octanol–water partition coefficient (Wildman–Crippen LogP) is 3.55. The van der Waals surface area contributed by atoms with Gasteiger partial charge >= 0.3 is 0 Å². The molecule has 0 spiro atoms. The van der Waals surface area contributed by atoms with Crippen LogP contribution in [0.1, 0.15) is 18.9 Å². The van der Waals surface area contributed by atoms with Crippen molar-refractivity contribution in [1.29, 1.82) is 0 Å². The predicted molar refractivity (Wildman–Crippen MR) is 80.4 cm³/mol. The van der Waals surface area contributed by atoms with Crippen LogP contribution in [0.15, 0.2) is 36.4 Å². The summed E-state index contributed by atoms with van der Waals surface area (Å²) >= 11 is 5.76. The summed E-state index contributed by atoms with van der Waals surface area (Å²) in [6, 6.07) is 7.87. The Labute approximate surface area is 125 Å². The highest BCUT2D eigenvalue weighted by atomic mass is 35.5. The quantitative estimate of drug-likeness (QED) is 0.417. The van der Waals surface area contributed by atoms with Gasteiger partial charge in [-0.2, -0.15) is 0 Å². The van der Waals surface area contributed by atoms with E-state index in [2.05, 4.69) is 6.58 Å². The molecule has 3 atom stereocenters. The van der Waals surface area contributed by atoms with Crippen molar-refractivity contribution >= 4 is 11.6 Å². The van der Waals surface area contributed by atoms with E-state index < -0.39 is 0 Å². The fourth-order valence-electron chi connectivity index (χ4n) is 2.06. The van der Waals surface area contributed by atoms with Crippen LogP contribution in [0.3, 0.4) is 0 Å². The van der Waals surface area contributed by atoms with E-state index in [1.807, 2.05) is 31.2 Å². The summed E-state index contributed by atoms with van der Waals surface area (Å²) in [7, 11) is 1.66. The Kier molecular flexibility index (Phi) is 5.46. The van der Waals surface area contributed by atoms with Crippen molar-refractivity contribution in [1.82, 2.24) is 0 Å². The van der Waals surface area contributed by atoms with Gasteiger partial charge in [0.05, 0.1) is 37.9 Å². The summed E-state index contributed by atoms with van der Waals surface area (Å²) in [6.45, 7) is 6.53. The number of rotatable bonds is 8. The Morgan fingerprint density at radius 1 is 1.35 bits per heavy atom. The average molecular weight is 297 g/mol. The molecule has 0 bridgehead atoms. The maximum absolute atomic E-state index is 5.94. The van der Waals surface area contributed by atoms with Crippen LogP contribution in [-0.4, -0.2) is 31.3 Å². The van der Waals surface area contributed by atoms with E-state index in [-0.39, 0.29) is 18.3 Å². The van der Waals surface area contributed by atoms with E-state index in [0.29, 0.717) is 12.5 Å². The fraction of sp³-hybridized carbons (Fsp3) is 0.500. The largest absolute Gasteiger partial charge is 0.497 e. The van der Waals surface area contributed by atoms with Gasteiger partial charge in [0, 0.05) is 6.42 Å². The molecule has 0 aromatic heterocycles. The third-order valence-electron chi connectivity index (χ3n) is 3.45. The Balaban J connectivity index is 1.83. The molecule has 1 aliphatic rings. The Hall–Kier alpha value is -1.03. The molecular formula is C16H21ClO3. The van der Waals surface area contributed by atoms with Crippen molar-refractivity contribution in [2.24, 2.45) is 0 Å². The van der Waals surface area contributed by atoms with Crippen LogP contribution in [0, 0.1) is 0 Å². The number of ether oxygens (including phenoxy) is 3. The summed E-state index contributed by atoms with van der Waals surface area (Å²) < 4.78 is 16.5. The molecule has 1 aromatic carbocycles. The van der Waals surface area contributed by atoms with Crippen molar-refractivity contribution in [3.05, 3.63) is 42.0 Å². The van der Waals surface area contributed by atoms with E-state index in [9.17, 15) is 0 Å². The normalized spacial score (nSPS) is 22.4. The topological polar surface area (TPSA) is 31.0 Å². The van der Waals surface area contributed by atoms with Crippen molar-refractivity contribution in [3.8, 4) is 5.75 Å². The molecule has 0 N–H and O–H groups in total. The van der Waals surface area contributed by atoms with Gasteiger partial charge in [-0.05, 0) is 24.6 Å². The van der Waals surface area contributed by atoms with Gasteiger partial charge in [-0.15, -0.1) is 11.6 Å². The molecule has 1 aliphatic heterocycles. The van der Waals surface area contributed by atoms with Crippen molar-refractivity contribution in [3.63, 3.8) is 0 Å². The number of hydrogen-bond donors (Lipinski definition) is 0. The van der Waals surface area contributed by atoms with Crippen LogP contribution >= 0.6 is 11.6 Å². The number of halogens is 1. The second-order valence-corrected chi connectivity index (χ2v) is 5.41. The summed E-state index contributed by atoms with van der Waals surface area (Å²) in [5.74, 6) is 1.40. The molecule has 3 nitrogen and oxygen atoms in total. The first kappa shape index (κ1) is 15.4. The number of epoxide rings is 1. The van der Waals surface area contributed by atoms with E-state index in [1.54, 1.807) is 7.11 Å². The van der Waals surface area contributed by atoms with Crippen LogP contribution in [0.4, 0.5) is 0 Å². The number of alkyl halides is 1.